The maximum Gasteiger partial charge on any atom is 0.251 e. The van der Waals surface area contributed by atoms with Crippen LogP contribution in [0.4, 0.5) is 8.78 Å². The van der Waals surface area contributed by atoms with Crippen molar-refractivity contribution in [3.8, 4) is 0 Å². The molecule has 2 fully saturated rings. The zero-order valence-corrected chi connectivity index (χ0v) is 20.6. The Bertz CT molecular complexity index is 1170. The SMILES string of the molecule is Cc1ccc(CC(=O)Cc2ccc(S(=O)(=O)N3CCC[C@H]3C(=O)N3CCC(F)(F)CC3)cc2)cc1. The van der Waals surface area contributed by atoms with Crippen LogP contribution in [0, 0.1) is 6.92 Å². The molecule has 0 radical (unpaired) electrons. The molecule has 9 heteroatoms. The van der Waals surface area contributed by atoms with E-state index in [0.717, 1.165) is 11.1 Å². The Labute approximate surface area is 205 Å². The fraction of sp³-hybridized carbons (Fsp3) is 0.462. The van der Waals surface area contributed by atoms with E-state index in [1.165, 1.54) is 21.3 Å². The Balaban J connectivity index is 1.41. The van der Waals surface area contributed by atoms with Gasteiger partial charge in [0.2, 0.25) is 15.9 Å². The number of ketones is 1. The van der Waals surface area contributed by atoms with Crippen LogP contribution in [0.3, 0.4) is 0 Å². The third-order valence-corrected chi connectivity index (χ3v) is 8.67. The van der Waals surface area contributed by atoms with Crippen LogP contribution in [0.5, 0.6) is 0 Å². The fourth-order valence-electron chi connectivity index (χ4n) is 4.68. The monoisotopic (exact) mass is 504 g/mol. The number of piperidine rings is 1. The Kier molecular flexibility index (Phi) is 7.38. The first-order chi connectivity index (χ1) is 16.5. The van der Waals surface area contributed by atoms with Crippen molar-refractivity contribution in [1.29, 1.82) is 0 Å². The molecule has 1 atom stereocenters. The minimum atomic E-state index is -3.94. The topological polar surface area (TPSA) is 74.8 Å². The van der Waals surface area contributed by atoms with Crippen molar-refractivity contribution in [2.24, 2.45) is 0 Å². The summed E-state index contributed by atoms with van der Waals surface area (Å²) < 4.78 is 54.8. The number of halogens is 2. The van der Waals surface area contributed by atoms with Crippen LogP contribution in [-0.4, -0.2) is 60.9 Å². The van der Waals surface area contributed by atoms with Crippen LogP contribution in [0.25, 0.3) is 0 Å². The first-order valence-electron chi connectivity index (χ1n) is 11.9. The summed E-state index contributed by atoms with van der Waals surface area (Å²) in [6, 6.07) is 13.1. The number of carbonyl (C=O) groups excluding carboxylic acids is 2. The first kappa shape index (κ1) is 25.4. The summed E-state index contributed by atoms with van der Waals surface area (Å²) in [5.41, 5.74) is 2.77. The lowest BCUT2D eigenvalue weighted by molar-refractivity contribution is -0.140. The van der Waals surface area contributed by atoms with Gasteiger partial charge in [-0.2, -0.15) is 4.31 Å². The first-order valence-corrected chi connectivity index (χ1v) is 13.3. The highest BCUT2D eigenvalue weighted by molar-refractivity contribution is 7.89. The molecule has 6 nitrogen and oxygen atoms in total. The molecule has 35 heavy (non-hydrogen) atoms. The molecule has 0 aliphatic carbocycles. The Morgan fingerprint density at radius 1 is 0.914 bits per heavy atom. The number of Topliss-reactive ketones (excluding diaryl/α,β-unsaturated/α-hetero) is 1. The van der Waals surface area contributed by atoms with Gasteiger partial charge in [-0.25, -0.2) is 17.2 Å². The highest BCUT2D eigenvalue weighted by atomic mass is 32.2. The molecule has 1 amide bonds. The Hall–Kier alpha value is -2.65. The van der Waals surface area contributed by atoms with Gasteiger partial charge in [-0.15, -0.1) is 0 Å². The highest BCUT2D eigenvalue weighted by Gasteiger charge is 2.43. The lowest BCUT2D eigenvalue weighted by Gasteiger charge is -2.35. The second-order valence-corrected chi connectivity index (χ2v) is 11.4. The second-order valence-electron chi connectivity index (χ2n) is 9.48. The largest absolute Gasteiger partial charge is 0.341 e. The lowest BCUT2D eigenvalue weighted by Crippen LogP contribution is -2.51. The van der Waals surface area contributed by atoms with E-state index in [0.29, 0.717) is 24.8 Å². The molecule has 2 heterocycles. The van der Waals surface area contributed by atoms with Crippen molar-refractivity contribution in [2.45, 2.75) is 62.3 Å². The number of amides is 1. The molecule has 188 valence electrons. The Morgan fingerprint density at radius 2 is 1.46 bits per heavy atom. The number of carbonyl (C=O) groups is 2. The van der Waals surface area contributed by atoms with Crippen LogP contribution in [0.15, 0.2) is 53.4 Å². The smallest absolute Gasteiger partial charge is 0.251 e. The molecule has 0 spiro atoms. The average Bonchev–Trinajstić information content (AvgIpc) is 3.31. The van der Waals surface area contributed by atoms with Gasteiger partial charge in [0.05, 0.1) is 4.90 Å². The van der Waals surface area contributed by atoms with Crippen LogP contribution in [-0.2, 0) is 32.5 Å². The standard InChI is InChI=1S/C26H30F2N2O4S/c1-19-4-6-20(7-5-19)17-22(31)18-21-8-10-23(11-9-21)35(33,34)30-14-2-3-24(30)25(32)29-15-12-26(27,28)13-16-29/h4-11,24H,2-3,12-18H2,1H3/t24-/m0/s1. The van der Waals surface area contributed by atoms with Gasteiger partial charge < -0.3 is 4.90 Å². The molecule has 0 N–H and O–H groups in total. The van der Waals surface area contributed by atoms with Gasteiger partial charge in [-0.3, -0.25) is 9.59 Å². The quantitative estimate of drug-likeness (QED) is 0.576. The van der Waals surface area contributed by atoms with E-state index < -0.39 is 40.7 Å². The summed E-state index contributed by atoms with van der Waals surface area (Å²) in [5, 5.41) is 0. The maximum absolute atomic E-state index is 13.5. The molecule has 2 aromatic rings. The van der Waals surface area contributed by atoms with Gasteiger partial charge in [0.15, 0.2) is 0 Å². The van der Waals surface area contributed by atoms with E-state index in [1.54, 1.807) is 12.1 Å². The molecular weight excluding hydrogens is 474 g/mol. The highest BCUT2D eigenvalue weighted by Crippen LogP contribution is 2.31. The van der Waals surface area contributed by atoms with Crippen LogP contribution in [0.1, 0.15) is 42.4 Å². The molecule has 0 aromatic heterocycles. The van der Waals surface area contributed by atoms with Gasteiger partial charge in [-0.1, -0.05) is 42.0 Å². The number of aryl methyl sites for hydroxylation is 1. The summed E-state index contributed by atoms with van der Waals surface area (Å²) >= 11 is 0. The Morgan fingerprint density at radius 3 is 2.03 bits per heavy atom. The number of sulfonamides is 1. The molecule has 2 aromatic carbocycles. The van der Waals surface area contributed by atoms with Gasteiger partial charge in [0, 0.05) is 45.3 Å². The van der Waals surface area contributed by atoms with Gasteiger partial charge in [0.1, 0.15) is 11.8 Å². The molecule has 2 saturated heterocycles. The zero-order chi connectivity index (χ0) is 25.2. The summed E-state index contributed by atoms with van der Waals surface area (Å²) in [7, 11) is -3.94. The lowest BCUT2D eigenvalue weighted by atomic mass is 10.0. The molecule has 2 aliphatic rings. The summed E-state index contributed by atoms with van der Waals surface area (Å²) in [5.74, 6) is -3.15. The molecular formula is C26H30F2N2O4S. The molecule has 0 unspecified atom stereocenters. The van der Waals surface area contributed by atoms with Crippen LogP contribution >= 0.6 is 0 Å². The van der Waals surface area contributed by atoms with Gasteiger partial charge >= 0.3 is 0 Å². The molecule has 4 rings (SSSR count). The summed E-state index contributed by atoms with van der Waals surface area (Å²) in [6.07, 6.45) is 0.603. The predicted octanol–water partition coefficient (Wildman–Crippen LogP) is 3.76. The van der Waals surface area contributed by atoms with E-state index in [-0.39, 0.29) is 36.7 Å². The number of rotatable bonds is 7. The van der Waals surface area contributed by atoms with E-state index in [2.05, 4.69) is 0 Å². The molecule has 0 saturated carbocycles. The normalized spacial score (nSPS) is 20.7. The van der Waals surface area contributed by atoms with E-state index in [1.807, 2.05) is 31.2 Å². The van der Waals surface area contributed by atoms with Crippen molar-refractivity contribution in [3.05, 3.63) is 65.2 Å². The maximum atomic E-state index is 13.5. The van der Waals surface area contributed by atoms with Crippen molar-refractivity contribution >= 4 is 21.7 Å². The number of hydrogen-bond donors (Lipinski definition) is 0. The third-order valence-electron chi connectivity index (χ3n) is 6.75. The minimum Gasteiger partial charge on any atom is -0.341 e. The number of nitrogens with zero attached hydrogens (tertiary/aromatic N) is 2. The third kappa shape index (κ3) is 5.95. The average molecular weight is 505 g/mol. The molecule has 2 aliphatic heterocycles. The number of likely N-dealkylation sites (tertiary alicyclic amines) is 1. The minimum absolute atomic E-state index is 0.0294. The summed E-state index contributed by atoms with van der Waals surface area (Å²) in [6.45, 7) is 2.05. The van der Waals surface area contributed by atoms with Gasteiger partial charge in [-0.05, 0) is 43.0 Å². The van der Waals surface area contributed by atoms with Gasteiger partial charge in [0.25, 0.3) is 5.92 Å². The van der Waals surface area contributed by atoms with Crippen molar-refractivity contribution in [1.82, 2.24) is 9.21 Å². The van der Waals surface area contributed by atoms with E-state index in [4.69, 9.17) is 0 Å². The number of alkyl halides is 2. The van der Waals surface area contributed by atoms with E-state index in [9.17, 15) is 26.8 Å². The summed E-state index contributed by atoms with van der Waals surface area (Å²) in [4.78, 5) is 26.8. The van der Waals surface area contributed by atoms with Crippen molar-refractivity contribution in [2.75, 3.05) is 19.6 Å². The number of hydrogen-bond acceptors (Lipinski definition) is 4. The second kappa shape index (κ2) is 10.1. The van der Waals surface area contributed by atoms with Crippen LogP contribution < -0.4 is 0 Å². The van der Waals surface area contributed by atoms with Crippen LogP contribution in [0.2, 0.25) is 0 Å². The molecule has 0 bridgehead atoms. The zero-order valence-electron chi connectivity index (χ0n) is 19.8. The van der Waals surface area contributed by atoms with Crippen molar-refractivity contribution in [3.63, 3.8) is 0 Å². The number of benzene rings is 2. The van der Waals surface area contributed by atoms with E-state index >= 15 is 0 Å². The van der Waals surface area contributed by atoms with Crippen molar-refractivity contribution < 1.29 is 26.8 Å². The predicted molar refractivity (Wildman–Crippen MR) is 128 cm³/mol. The fourth-order valence-corrected chi connectivity index (χ4v) is 6.33.